The molecule has 0 bridgehead atoms. The molecule has 2 heterocycles. The average molecular weight is 415 g/mol. The van der Waals surface area contributed by atoms with Crippen LogP contribution in [-0.4, -0.2) is 10.1 Å². The van der Waals surface area contributed by atoms with Gasteiger partial charge in [-0.3, -0.25) is 0 Å². The Morgan fingerprint density at radius 2 is 1.80 bits per heavy atom. The second-order valence-corrected chi connectivity index (χ2v) is 9.03. The van der Waals surface area contributed by atoms with Gasteiger partial charge in [0.25, 0.3) is 0 Å². The van der Waals surface area contributed by atoms with Gasteiger partial charge in [0.15, 0.2) is 0 Å². The van der Waals surface area contributed by atoms with Crippen LogP contribution in [0.15, 0.2) is 33.3 Å². The summed E-state index contributed by atoms with van der Waals surface area (Å²) in [5.41, 5.74) is 4.28. The topological polar surface area (TPSA) is 38.9 Å². The van der Waals surface area contributed by atoms with E-state index in [9.17, 15) is 0 Å². The van der Waals surface area contributed by atoms with Gasteiger partial charge in [-0.25, -0.2) is 4.98 Å². The zero-order chi connectivity index (χ0) is 16.8. The van der Waals surface area contributed by atoms with Gasteiger partial charge >= 0.3 is 0 Å². The van der Waals surface area contributed by atoms with Crippen LogP contribution in [0.4, 0.5) is 0 Å². The molecule has 2 aromatic heterocycles. The summed E-state index contributed by atoms with van der Waals surface area (Å²) < 4.78 is 6.76. The first-order valence-electron chi connectivity index (χ1n) is 9.04. The van der Waals surface area contributed by atoms with Crippen molar-refractivity contribution in [2.45, 2.75) is 50.9 Å². The van der Waals surface area contributed by atoms with E-state index in [2.05, 4.69) is 45.4 Å². The molecule has 0 N–H and O–H groups in total. The number of nitrogens with zero attached hydrogens (tertiary/aromatic N) is 2. The molecular formula is C20H19BrN2OS. The summed E-state index contributed by atoms with van der Waals surface area (Å²) in [7, 11) is 0. The molecule has 3 aromatic rings. The van der Waals surface area contributed by atoms with Crippen molar-refractivity contribution in [1.82, 2.24) is 10.1 Å². The first-order valence-corrected chi connectivity index (χ1v) is 10.6. The van der Waals surface area contributed by atoms with Crippen molar-refractivity contribution in [3.8, 4) is 22.5 Å². The highest BCUT2D eigenvalue weighted by atomic mass is 79.9. The lowest BCUT2D eigenvalue weighted by molar-refractivity contribution is 0.385. The molecule has 5 heteroatoms. The minimum Gasteiger partial charge on any atom is -0.360 e. The Labute approximate surface area is 159 Å². The summed E-state index contributed by atoms with van der Waals surface area (Å²) >= 11 is 5.43. The Hall–Kier alpha value is -1.46. The molecule has 2 aliphatic rings. The highest BCUT2D eigenvalue weighted by Gasteiger charge is 2.30. The number of aromatic nitrogens is 2. The van der Waals surface area contributed by atoms with Gasteiger partial charge in [0.1, 0.15) is 11.5 Å². The number of aryl methyl sites for hydroxylation is 2. The summed E-state index contributed by atoms with van der Waals surface area (Å²) in [6.07, 6.45) is 8.62. The summed E-state index contributed by atoms with van der Waals surface area (Å²) in [5, 5.41) is 5.73. The van der Waals surface area contributed by atoms with Gasteiger partial charge in [0.05, 0.1) is 16.3 Å². The van der Waals surface area contributed by atoms with E-state index in [4.69, 9.17) is 9.51 Å². The molecule has 1 fully saturated rings. The molecule has 0 unspecified atom stereocenters. The maximum Gasteiger partial charge on any atom is 0.147 e. The number of fused-ring (bicyclic) bond motifs is 3. The minimum absolute atomic E-state index is 0.656. The van der Waals surface area contributed by atoms with Crippen LogP contribution in [0.25, 0.3) is 22.5 Å². The quantitative estimate of drug-likeness (QED) is 0.488. The van der Waals surface area contributed by atoms with E-state index in [0.29, 0.717) is 5.92 Å². The van der Waals surface area contributed by atoms with E-state index >= 15 is 0 Å². The number of halogens is 1. The van der Waals surface area contributed by atoms with Crippen LogP contribution >= 0.6 is 27.3 Å². The summed E-state index contributed by atoms with van der Waals surface area (Å²) in [6, 6.07) is 8.28. The number of hydrogen-bond donors (Lipinski definition) is 0. The lowest BCUT2D eigenvalue weighted by Crippen LogP contribution is -2.04. The van der Waals surface area contributed by atoms with E-state index < -0.39 is 0 Å². The van der Waals surface area contributed by atoms with Crippen molar-refractivity contribution in [2.75, 3.05) is 0 Å². The molecule has 0 atom stereocenters. The third-order valence-electron chi connectivity index (χ3n) is 5.36. The van der Waals surface area contributed by atoms with Gasteiger partial charge in [-0.15, -0.1) is 11.3 Å². The van der Waals surface area contributed by atoms with Crippen LogP contribution in [0.3, 0.4) is 0 Å². The molecule has 0 saturated heterocycles. The summed E-state index contributed by atoms with van der Waals surface area (Å²) in [6.45, 7) is 0. The molecule has 1 aromatic carbocycles. The maximum absolute atomic E-state index is 5.69. The predicted molar refractivity (Wildman–Crippen MR) is 104 cm³/mol. The van der Waals surface area contributed by atoms with Gasteiger partial charge in [0, 0.05) is 27.3 Å². The van der Waals surface area contributed by atoms with E-state index in [1.165, 1.54) is 42.0 Å². The van der Waals surface area contributed by atoms with Crippen LogP contribution < -0.4 is 0 Å². The second kappa shape index (κ2) is 6.36. The van der Waals surface area contributed by atoms with Gasteiger partial charge in [-0.05, 0) is 31.4 Å². The van der Waals surface area contributed by atoms with Crippen LogP contribution in [0.2, 0.25) is 0 Å². The number of thiazole rings is 1. The van der Waals surface area contributed by atoms with Crippen molar-refractivity contribution in [2.24, 2.45) is 0 Å². The number of hydrogen-bond acceptors (Lipinski definition) is 4. The molecule has 0 aliphatic heterocycles. The Bertz CT molecular complexity index is 906. The van der Waals surface area contributed by atoms with Gasteiger partial charge in [0.2, 0.25) is 0 Å². The molecular weight excluding hydrogens is 396 g/mol. The molecule has 0 amide bonds. The van der Waals surface area contributed by atoms with Gasteiger partial charge in [-0.1, -0.05) is 52.5 Å². The number of rotatable bonds is 2. The van der Waals surface area contributed by atoms with Crippen LogP contribution in [-0.2, 0) is 12.8 Å². The average Bonchev–Trinajstić information content (AvgIpc) is 3.27. The molecule has 25 heavy (non-hydrogen) atoms. The Morgan fingerprint density at radius 1 is 1.00 bits per heavy atom. The van der Waals surface area contributed by atoms with Crippen molar-refractivity contribution in [1.29, 1.82) is 0 Å². The smallest absolute Gasteiger partial charge is 0.147 e. The summed E-state index contributed by atoms with van der Waals surface area (Å²) in [4.78, 5) is 6.51. The lowest BCUT2D eigenvalue weighted by atomic mass is 9.90. The SMILES string of the molecule is Brc1ccc(-c2noc3c2-c2nc(C4CCCCC4)sc2CC3)cc1. The van der Waals surface area contributed by atoms with E-state index in [1.807, 2.05) is 11.3 Å². The molecule has 128 valence electrons. The van der Waals surface area contributed by atoms with E-state index in [1.54, 1.807) is 0 Å². The zero-order valence-electron chi connectivity index (χ0n) is 13.9. The third-order valence-corrected chi connectivity index (χ3v) is 7.17. The fourth-order valence-electron chi connectivity index (χ4n) is 4.03. The molecule has 1 saturated carbocycles. The highest BCUT2D eigenvalue weighted by molar-refractivity contribution is 9.10. The zero-order valence-corrected chi connectivity index (χ0v) is 16.3. The van der Waals surface area contributed by atoms with Gasteiger partial charge in [-0.2, -0.15) is 0 Å². The number of benzene rings is 1. The second-order valence-electron chi connectivity index (χ2n) is 7.00. The maximum atomic E-state index is 5.69. The molecule has 2 aliphatic carbocycles. The van der Waals surface area contributed by atoms with Crippen LogP contribution in [0.5, 0.6) is 0 Å². The van der Waals surface area contributed by atoms with Crippen molar-refractivity contribution < 1.29 is 4.52 Å². The first kappa shape index (κ1) is 15.8. The summed E-state index contributed by atoms with van der Waals surface area (Å²) in [5.74, 6) is 1.65. The monoisotopic (exact) mass is 414 g/mol. The van der Waals surface area contributed by atoms with Crippen LogP contribution in [0.1, 0.15) is 53.7 Å². The lowest BCUT2D eigenvalue weighted by Gasteiger charge is -2.18. The highest BCUT2D eigenvalue weighted by Crippen LogP contribution is 2.45. The molecule has 0 spiro atoms. The fourth-order valence-corrected chi connectivity index (χ4v) is 5.53. The standard InChI is InChI=1S/C20H19BrN2OS/c21-14-8-6-12(7-9-14)18-17-15(24-23-18)10-11-16-19(17)22-20(25-16)13-4-2-1-3-5-13/h6-9,13H,1-5,10-11H2. The third kappa shape index (κ3) is 2.77. The van der Waals surface area contributed by atoms with Gasteiger partial charge < -0.3 is 4.52 Å². The predicted octanol–water partition coefficient (Wildman–Crippen LogP) is 6.37. The molecule has 5 rings (SSSR count). The van der Waals surface area contributed by atoms with E-state index in [0.717, 1.165) is 45.6 Å². The van der Waals surface area contributed by atoms with Crippen LogP contribution in [0, 0.1) is 0 Å². The normalized spacial score (nSPS) is 17.3. The van der Waals surface area contributed by atoms with Crippen molar-refractivity contribution in [3.05, 3.63) is 44.4 Å². The fraction of sp³-hybridized carbons (Fsp3) is 0.400. The van der Waals surface area contributed by atoms with E-state index in [-0.39, 0.29) is 0 Å². The Morgan fingerprint density at radius 3 is 2.60 bits per heavy atom. The molecule has 3 nitrogen and oxygen atoms in total. The first-order chi connectivity index (χ1) is 12.3. The van der Waals surface area contributed by atoms with Crippen molar-refractivity contribution >= 4 is 27.3 Å². The minimum atomic E-state index is 0.656. The Balaban J connectivity index is 1.58. The van der Waals surface area contributed by atoms with Crippen molar-refractivity contribution in [3.63, 3.8) is 0 Å². The Kier molecular flexibility index (Phi) is 4.01. The molecule has 0 radical (unpaired) electrons. The largest absolute Gasteiger partial charge is 0.360 e.